The fourth-order valence-electron chi connectivity index (χ4n) is 4.47. The first-order valence-electron chi connectivity index (χ1n) is 14.7. The first-order valence-corrected chi connectivity index (χ1v) is 14.7. The molecule has 4 rings (SSSR count). The van der Waals surface area contributed by atoms with Gasteiger partial charge in [-0.3, -0.25) is 14.5 Å². The summed E-state index contributed by atoms with van der Waals surface area (Å²) in [6, 6.07) is 30.0. The highest BCUT2D eigenvalue weighted by Crippen LogP contribution is 2.35. The number of anilines is 3. The number of rotatable bonds is 11. The quantitative estimate of drug-likeness (QED) is 0.0538. The Hall–Kier alpha value is -5.77. The standard InChI is InChI=1S/C36H35N3O7/c1-6-43-35(41)45-37-25(4)27-11-17-31(18-12-27)39(32-19-13-28(14-20-32)26(5)38-46-36(42)44-7-2)33-21-15-29(16-22-33)34(40)30-10-8-9-24(3)23-30/h8-23H,6-7H2,1-5H3/b37-25+,38-26?. The predicted molar refractivity (Wildman–Crippen MR) is 176 cm³/mol. The number of ketones is 1. The summed E-state index contributed by atoms with van der Waals surface area (Å²) in [5.74, 6) is -0.0601. The van der Waals surface area contributed by atoms with E-state index in [1.165, 1.54) is 0 Å². The molecule has 0 aromatic heterocycles. The highest BCUT2D eigenvalue weighted by Gasteiger charge is 2.16. The zero-order valence-electron chi connectivity index (χ0n) is 26.4. The molecule has 0 aliphatic carbocycles. The van der Waals surface area contributed by atoms with Gasteiger partial charge in [-0.05, 0) is 100 Å². The number of carbonyl (C=O) groups is 3. The van der Waals surface area contributed by atoms with Crippen LogP contribution in [0.25, 0.3) is 0 Å². The Morgan fingerprint density at radius 1 is 0.587 bits per heavy atom. The molecular formula is C36H35N3O7. The summed E-state index contributed by atoms with van der Waals surface area (Å²) in [5.41, 5.74) is 7.16. The molecule has 0 heterocycles. The fourth-order valence-corrected chi connectivity index (χ4v) is 4.47. The second-order valence-electron chi connectivity index (χ2n) is 10.1. The molecule has 236 valence electrons. The van der Waals surface area contributed by atoms with Crippen LogP contribution in [0, 0.1) is 6.92 Å². The Balaban J connectivity index is 1.66. The first kappa shape index (κ1) is 33.1. The molecule has 0 aliphatic heterocycles. The summed E-state index contributed by atoms with van der Waals surface area (Å²) in [6.07, 6.45) is -1.74. The average molecular weight is 622 g/mol. The molecule has 0 spiro atoms. The molecule has 46 heavy (non-hydrogen) atoms. The second-order valence-corrected chi connectivity index (χ2v) is 10.1. The van der Waals surface area contributed by atoms with Crippen molar-refractivity contribution in [3.8, 4) is 0 Å². The molecule has 0 fully saturated rings. The van der Waals surface area contributed by atoms with E-state index in [9.17, 15) is 14.4 Å². The number of hydrogen-bond donors (Lipinski definition) is 0. The summed E-state index contributed by atoms with van der Waals surface area (Å²) < 4.78 is 9.51. The molecule has 0 unspecified atom stereocenters. The van der Waals surface area contributed by atoms with Gasteiger partial charge in [-0.25, -0.2) is 9.59 Å². The van der Waals surface area contributed by atoms with Crippen LogP contribution in [-0.2, 0) is 19.1 Å². The van der Waals surface area contributed by atoms with Gasteiger partial charge >= 0.3 is 12.3 Å². The highest BCUT2D eigenvalue weighted by molar-refractivity contribution is 6.09. The summed E-state index contributed by atoms with van der Waals surface area (Å²) in [7, 11) is 0. The van der Waals surface area contributed by atoms with Crippen molar-refractivity contribution in [1.82, 2.24) is 0 Å². The van der Waals surface area contributed by atoms with E-state index < -0.39 is 12.3 Å². The zero-order chi connectivity index (χ0) is 33.1. The van der Waals surface area contributed by atoms with Gasteiger partial charge in [0.05, 0.1) is 24.6 Å². The summed E-state index contributed by atoms with van der Waals surface area (Å²) in [6.45, 7) is 9.15. The first-order chi connectivity index (χ1) is 22.2. The lowest BCUT2D eigenvalue weighted by Crippen LogP contribution is -2.11. The lowest BCUT2D eigenvalue weighted by Gasteiger charge is -2.26. The van der Waals surface area contributed by atoms with E-state index in [0.717, 1.165) is 33.8 Å². The Labute approximate surface area is 267 Å². The maximum Gasteiger partial charge on any atom is 0.535 e. The average Bonchev–Trinajstić information content (AvgIpc) is 3.07. The molecule has 4 aromatic carbocycles. The van der Waals surface area contributed by atoms with Crippen molar-refractivity contribution in [2.45, 2.75) is 34.6 Å². The third kappa shape index (κ3) is 8.66. The van der Waals surface area contributed by atoms with E-state index in [0.29, 0.717) is 22.6 Å². The number of oxime groups is 2. The molecule has 10 heteroatoms. The molecule has 0 saturated heterocycles. The smallest absolute Gasteiger partial charge is 0.433 e. The van der Waals surface area contributed by atoms with Gasteiger partial charge in [0, 0.05) is 28.2 Å². The van der Waals surface area contributed by atoms with Gasteiger partial charge in [-0.1, -0.05) is 58.3 Å². The van der Waals surface area contributed by atoms with Gasteiger partial charge in [-0.2, -0.15) is 0 Å². The molecular weight excluding hydrogens is 586 g/mol. The van der Waals surface area contributed by atoms with Crippen molar-refractivity contribution in [2.75, 3.05) is 18.1 Å². The van der Waals surface area contributed by atoms with Crippen LogP contribution in [0.5, 0.6) is 0 Å². The lowest BCUT2D eigenvalue weighted by molar-refractivity contribution is 0.0604. The van der Waals surface area contributed by atoms with Crippen LogP contribution in [0.2, 0.25) is 0 Å². The number of nitrogens with zero attached hydrogens (tertiary/aromatic N) is 3. The van der Waals surface area contributed by atoms with Gasteiger partial charge in [0.25, 0.3) is 0 Å². The van der Waals surface area contributed by atoms with Gasteiger partial charge in [0.15, 0.2) is 5.78 Å². The maximum absolute atomic E-state index is 13.2. The largest absolute Gasteiger partial charge is 0.535 e. The molecule has 0 bridgehead atoms. The van der Waals surface area contributed by atoms with E-state index in [2.05, 4.69) is 10.3 Å². The van der Waals surface area contributed by atoms with Crippen molar-refractivity contribution >= 4 is 46.6 Å². The fraction of sp³-hybridized carbons (Fsp3) is 0.194. The summed E-state index contributed by atoms with van der Waals surface area (Å²) in [5, 5.41) is 7.74. The van der Waals surface area contributed by atoms with Gasteiger partial charge in [-0.15, -0.1) is 0 Å². The second kappa shape index (κ2) is 15.8. The molecule has 0 radical (unpaired) electrons. The molecule has 0 saturated carbocycles. The van der Waals surface area contributed by atoms with Crippen LogP contribution < -0.4 is 4.90 Å². The van der Waals surface area contributed by atoms with Gasteiger partial charge < -0.3 is 14.4 Å². The zero-order valence-corrected chi connectivity index (χ0v) is 26.4. The van der Waals surface area contributed by atoms with E-state index in [4.69, 9.17) is 19.1 Å². The lowest BCUT2D eigenvalue weighted by atomic mass is 10.0. The van der Waals surface area contributed by atoms with Crippen LogP contribution in [0.15, 0.2) is 107 Å². The molecule has 10 nitrogen and oxygen atoms in total. The van der Waals surface area contributed by atoms with Crippen molar-refractivity contribution in [2.24, 2.45) is 10.3 Å². The SMILES string of the molecule is CCOC(=O)ON=C(C)c1ccc(N(c2ccc(C(=O)c3cccc(C)c3)cc2)c2ccc(/C(C)=N/OC(=O)OCC)cc2)cc1. The van der Waals surface area contributed by atoms with Crippen LogP contribution >= 0.6 is 0 Å². The summed E-state index contributed by atoms with van der Waals surface area (Å²) >= 11 is 0. The van der Waals surface area contributed by atoms with Crippen LogP contribution in [0.3, 0.4) is 0 Å². The minimum atomic E-state index is -0.870. The maximum atomic E-state index is 13.2. The van der Waals surface area contributed by atoms with Crippen molar-refractivity contribution in [3.05, 3.63) is 125 Å². The normalized spacial score (nSPS) is 11.4. The topological polar surface area (TPSA) is 116 Å². The van der Waals surface area contributed by atoms with Crippen LogP contribution in [0.1, 0.15) is 60.3 Å². The monoisotopic (exact) mass is 621 g/mol. The predicted octanol–water partition coefficient (Wildman–Crippen LogP) is 8.49. The Morgan fingerprint density at radius 3 is 1.39 bits per heavy atom. The molecule has 0 atom stereocenters. The third-order valence-corrected chi connectivity index (χ3v) is 6.79. The number of hydrogen-bond acceptors (Lipinski definition) is 10. The van der Waals surface area contributed by atoms with Crippen molar-refractivity contribution < 1.29 is 33.5 Å². The Morgan fingerprint density at radius 2 is 1.00 bits per heavy atom. The van der Waals surface area contributed by atoms with E-state index in [1.807, 2.05) is 109 Å². The number of carbonyl (C=O) groups excluding carboxylic acids is 3. The third-order valence-electron chi connectivity index (χ3n) is 6.79. The van der Waals surface area contributed by atoms with E-state index in [-0.39, 0.29) is 19.0 Å². The van der Waals surface area contributed by atoms with E-state index >= 15 is 0 Å². The van der Waals surface area contributed by atoms with Gasteiger partial charge in [0.1, 0.15) is 0 Å². The summed E-state index contributed by atoms with van der Waals surface area (Å²) in [4.78, 5) is 47.9. The van der Waals surface area contributed by atoms with Crippen molar-refractivity contribution in [1.29, 1.82) is 0 Å². The van der Waals surface area contributed by atoms with E-state index in [1.54, 1.807) is 27.7 Å². The highest BCUT2D eigenvalue weighted by atomic mass is 16.8. The molecule has 0 aliphatic rings. The Bertz CT molecular complexity index is 1650. The number of benzene rings is 4. The number of ether oxygens (including phenoxy) is 2. The van der Waals surface area contributed by atoms with Crippen LogP contribution in [0.4, 0.5) is 26.7 Å². The Kier molecular flexibility index (Phi) is 11.4. The minimum absolute atomic E-state index is 0.0601. The molecule has 0 amide bonds. The molecule has 0 N–H and O–H groups in total. The van der Waals surface area contributed by atoms with Crippen LogP contribution in [-0.4, -0.2) is 42.7 Å². The molecule has 4 aromatic rings. The van der Waals surface area contributed by atoms with Crippen molar-refractivity contribution in [3.63, 3.8) is 0 Å². The van der Waals surface area contributed by atoms with Gasteiger partial charge in [0.2, 0.25) is 0 Å². The number of aryl methyl sites for hydroxylation is 1. The minimum Gasteiger partial charge on any atom is -0.433 e.